The summed E-state index contributed by atoms with van der Waals surface area (Å²) in [6.45, 7) is 5.09. The lowest BCUT2D eigenvalue weighted by Gasteiger charge is -2.30. The quantitative estimate of drug-likeness (QED) is 0.607. The van der Waals surface area contributed by atoms with Gasteiger partial charge in [-0.3, -0.25) is 9.59 Å². The number of pyridine rings is 1. The van der Waals surface area contributed by atoms with Crippen molar-refractivity contribution < 1.29 is 22.7 Å². The van der Waals surface area contributed by atoms with E-state index in [-0.39, 0.29) is 11.1 Å². The number of fused-ring (bicyclic) bond motifs is 2. The number of aromatic amines is 1. The largest absolute Gasteiger partial charge is 0.457 e. The molecule has 5 nitrogen and oxygen atoms in total. The molecule has 0 spiro atoms. The van der Waals surface area contributed by atoms with Gasteiger partial charge in [0.25, 0.3) is 11.5 Å². The van der Waals surface area contributed by atoms with E-state index in [0.29, 0.717) is 17.1 Å². The fourth-order valence-electron chi connectivity index (χ4n) is 3.83. The minimum absolute atomic E-state index is 0.0604. The van der Waals surface area contributed by atoms with Crippen molar-refractivity contribution in [2.24, 2.45) is 0 Å². The second-order valence-corrected chi connectivity index (χ2v) is 7.60. The van der Waals surface area contributed by atoms with E-state index in [9.17, 15) is 22.8 Å². The summed E-state index contributed by atoms with van der Waals surface area (Å²) in [5.41, 5.74) is 0.556. The Hall–Kier alpha value is -3.55. The summed E-state index contributed by atoms with van der Waals surface area (Å²) in [6.07, 6.45) is -4.72. The van der Waals surface area contributed by atoms with Gasteiger partial charge in [0.1, 0.15) is 22.8 Å². The predicted molar refractivity (Wildman–Crippen MR) is 109 cm³/mol. The summed E-state index contributed by atoms with van der Waals surface area (Å²) in [4.78, 5) is 27.2. The van der Waals surface area contributed by atoms with Gasteiger partial charge >= 0.3 is 6.18 Å². The van der Waals surface area contributed by atoms with E-state index in [1.807, 2.05) is 44.2 Å². The summed E-state index contributed by atoms with van der Waals surface area (Å²) >= 11 is 0. The summed E-state index contributed by atoms with van der Waals surface area (Å²) in [6, 6.07) is 11.2. The zero-order chi connectivity index (χ0) is 22.5. The maximum atomic E-state index is 13.1. The summed E-state index contributed by atoms with van der Waals surface area (Å²) in [5.74, 6) is 0.378. The Labute approximate surface area is 175 Å². The van der Waals surface area contributed by atoms with Crippen molar-refractivity contribution in [3.63, 3.8) is 0 Å². The lowest BCUT2D eigenvalue weighted by molar-refractivity contribution is -0.141. The Morgan fingerprint density at radius 3 is 2.45 bits per heavy atom. The topological polar surface area (TPSA) is 71.2 Å². The molecule has 31 heavy (non-hydrogen) atoms. The number of H-pyrrole nitrogens is 1. The number of hydrogen-bond acceptors (Lipinski definition) is 3. The van der Waals surface area contributed by atoms with Crippen LogP contribution in [0.15, 0.2) is 47.3 Å². The number of aryl methyl sites for hydroxylation is 3. The molecular weight excluding hydrogens is 409 g/mol. The van der Waals surface area contributed by atoms with E-state index in [4.69, 9.17) is 4.74 Å². The first-order chi connectivity index (χ1) is 14.6. The van der Waals surface area contributed by atoms with Crippen LogP contribution in [0.3, 0.4) is 0 Å². The maximum absolute atomic E-state index is 13.1. The highest BCUT2D eigenvalue weighted by molar-refractivity contribution is 5.96. The molecule has 1 amide bonds. The average Bonchev–Trinajstić information content (AvgIpc) is 2.66. The van der Waals surface area contributed by atoms with Gasteiger partial charge in [0, 0.05) is 11.1 Å². The van der Waals surface area contributed by atoms with E-state index in [0.717, 1.165) is 22.8 Å². The Morgan fingerprint density at radius 1 is 1.03 bits per heavy atom. The van der Waals surface area contributed by atoms with E-state index < -0.39 is 29.4 Å². The molecule has 3 aromatic rings. The monoisotopic (exact) mass is 428 g/mol. The maximum Gasteiger partial charge on any atom is 0.431 e. The van der Waals surface area contributed by atoms with E-state index in [1.54, 1.807) is 11.1 Å². The highest BCUT2D eigenvalue weighted by Gasteiger charge is 2.34. The van der Waals surface area contributed by atoms with Crippen LogP contribution in [-0.2, 0) is 6.18 Å². The Bertz CT molecular complexity index is 1260. The molecule has 0 fully saturated rings. The summed E-state index contributed by atoms with van der Waals surface area (Å²) in [7, 11) is 0. The molecule has 0 radical (unpaired) electrons. The van der Waals surface area contributed by atoms with E-state index >= 15 is 0 Å². The lowest BCUT2D eigenvalue weighted by Crippen LogP contribution is -2.36. The zero-order valence-electron chi connectivity index (χ0n) is 17.0. The number of amides is 1. The van der Waals surface area contributed by atoms with Crippen molar-refractivity contribution in [1.29, 1.82) is 0 Å². The molecule has 2 heterocycles. The fourth-order valence-corrected chi connectivity index (χ4v) is 3.83. The second kappa shape index (κ2) is 7.30. The molecule has 0 bridgehead atoms. The Balaban J connectivity index is 1.79. The van der Waals surface area contributed by atoms with Crippen LogP contribution in [0, 0.1) is 20.8 Å². The van der Waals surface area contributed by atoms with Crippen molar-refractivity contribution in [3.8, 4) is 11.5 Å². The molecule has 2 aromatic carbocycles. The number of alkyl halides is 3. The highest BCUT2D eigenvalue weighted by Crippen LogP contribution is 2.44. The summed E-state index contributed by atoms with van der Waals surface area (Å²) < 4.78 is 44.9. The molecule has 0 aliphatic carbocycles. The first-order valence-corrected chi connectivity index (χ1v) is 9.56. The predicted octanol–water partition coefficient (Wildman–Crippen LogP) is 4.94. The van der Waals surface area contributed by atoms with Crippen molar-refractivity contribution in [2.45, 2.75) is 33.0 Å². The van der Waals surface area contributed by atoms with Crippen LogP contribution in [0.4, 0.5) is 13.2 Å². The third kappa shape index (κ3) is 3.69. The average molecular weight is 428 g/mol. The van der Waals surface area contributed by atoms with Crippen LogP contribution in [0.1, 0.15) is 49.9 Å². The van der Waals surface area contributed by atoms with Crippen molar-refractivity contribution in [2.75, 3.05) is 0 Å². The first kappa shape index (κ1) is 20.7. The van der Waals surface area contributed by atoms with Gasteiger partial charge in [-0.2, -0.15) is 13.2 Å². The van der Waals surface area contributed by atoms with Gasteiger partial charge < -0.3 is 15.0 Å². The molecule has 0 saturated heterocycles. The van der Waals surface area contributed by atoms with Crippen LogP contribution in [0.2, 0.25) is 0 Å². The first-order valence-electron chi connectivity index (χ1n) is 9.56. The van der Waals surface area contributed by atoms with Crippen LogP contribution >= 0.6 is 0 Å². The molecule has 8 heteroatoms. The number of rotatable bonds is 2. The molecule has 1 unspecified atom stereocenters. The standard InChI is InChI=1S/C23H19F3N2O3/c1-11-7-8-14-16(9-11)31-15-6-4-5-12(2)18(15)20(14)28-22(30)19-13(3)10-17(23(24,25)26)27-21(19)29/h4-10,20H,1-3H3,(H,27,29)(H,28,30). The lowest BCUT2D eigenvalue weighted by atomic mass is 9.90. The Morgan fingerprint density at radius 2 is 1.77 bits per heavy atom. The van der Waals surface area contributed by atoms with Crippen LogP contribution in [0.5, 0.6) is 11.5 Å². The second-order valence-electron chi connectivity index (χ2n) is 7.60. The van der Waals surface area contributed by atoms with Crippen LogP contribution in [0.25, 0.3) is 0 Å². The molecule has 1 atom stereocenters. The number of hydrogen-bond donors (Lipinski definition) is 2. The molecule has 160 valence electrons. The summed E-state index contributed by atoms with van der Waals surface area (Å²) in [5, 5.41) is 2.83. The van der Waals surface area contributed by atoms with Crippen LogP contribution < -0.4 is 15.6 Å². The van der Waals surface area contributed by atoms with Crippen LogP contribution in [-0.4, -0.2) is 10.9 Å². The molecule has 4 rings (SSSR count). The number of ether oxygens (including phenoxy) is 1. The fraction of sp³-hybridized carbons (Fsp3) is 0.217. The smallest absolute Gasteiger partial charge is 0.431 e. The molecule has 0 saturated carbocycles. The number of aromatic nitrogens is 1. The molecular formula is C23H19F3N2O3. The van der Waals surface area contributed by atoms with Gasteiger partial charge in [0.05, 0.1) is 6.04 Å². The van der Waals surface area contributed by atoms with Gasteiger partial charge in [0.2, 0.25) is 0 Å². The number of carbonyl (C=O) groups is 1. The van der Waals surface area contributed by atoms with Crippen molar-refractivity contribution in [3.05, 3.63) is 91.9 Å². The van der Waals surface area contributed by atoms with Gasteiger partial charge in [-0.1, -0.05) is 24.3 Å². The van der Waals surface area contributed by atoms with E-state index in [2.05, 4.69) is 5.32 Å². The SMILES string of the molecule is Cc1ccc2c(c1)Oc1cccc(C)c1C2NC(=O)c1c(C)cc(C(F)(F)F)[nH]c1=O. The van der Waals surface area contributed by atoms with Crippen molar-refractivity contribution in [1.82, 2.24) is 10.3 Å². The number of nitrogens with one attached hydrogen (secondary N) is 2. The third-order valence-electron chi connectivity index (χ3n) is 5.31. The normalized spacial score (nSPS) is 15.0. The highest BCUT2D eigenvalue weighted by atomic mass is 19.4. The van der Waals surface area contributed by atoms with Gasteiger partial charge in [-0.25, -0.2) is 0 Å². The minimum Gasteiger partial charge on any atom is -0.457 e. The van der Waals surface area contributed by atoms with Gasteiger partial charge in [0.15, 0.2) is 0 Å². The van der Waals surface area contributed by atoms with Crippen molar-refractivity contribution >= 4 is 5.91 Å². The van der Waals surface area contributed by atoms with Gasteiger partial charge in [-0.05, 0) is 55.7 Å². The molecule has 1 aliphatic rings. The number of carbonyl (C=O) groups excluding carboxylic acids is 1. The number of halogens is 3. The zero-order valence-corrected chi connectivity index (χ0v) is 17.0. The van der Waals surface area contributed by atoms with Gasteiger partial charge in [-0.15, -0.1) is 0 Å². The molecule has 1 aromatic heterocycles. The molecule has 2 N–H and O–H groups in total. The number of benzene rings is 2. The third-order valence-corrected chi connectivity index (χ3v) is 5.31. The Kier molecular flexibility index (Phi) is 4.88. The minimum atomic E-state index is -4.72. The molecule has 1 aliphatic heterocycles. The van der Waals surface area contributed by atoms with E-state index in [1.165, 1.54) is 6.92 Å².